The Morgan fingerprint density at radius 2 is 1.82 bits per heavy atom. The van der Waals surface area contributed by atoms with Gasteiger partial charge in [0, 0.05) is 17.5 Å². The van der Waals surface area contributed by atoms with Crippen molar-refractivity contribution in [2.24, 2.45) is 0 Å². The lowest BCUT2D eigenvalue weighted by Crippen LogP contribution is -2.34. The zero-order valence-electron chi connectivity index (χ0n) is 15.3. The molecule has 3 aromatic rings. The lowest BCUT2D eigenvalue weighted by atomic mass is 10.1. The van der Waals surface area contributed by atoms with Gasteiger partial charge in [0.1, 0.15) is 17.1 Å². The van der Waals surface area contributed by atoms with Crippen LogP contribution in [0.2, 0.25) is 0 Å². The lowest BCUT2D eigenvalue weighted by molar-refractivity contribution is -0.274. The van der Waals surface area contributed by atoms with Gasteiger partial charge in [0.25, 0.3) is 5.91 Å². The summed E-state index contributed by atoms with van der Waals surface area (Å²) >= 11 is 0. The number of halogens is 3. The third kappa shape index (κ3) is 4.83. The number of rotatable bonds is 6. The van der Waals surface area contributed by atoms with Crippen LogP contribution in [0.4, 0.5) is 13.2 Å². The first-order valence-corrected chi connectivity index (χ1v) is 8.52. The average Bonchev–Trinajstić information content (AvgIpc) is 3.04. The molecule has 0 bridgehead atoms. The molecule has 0 aliphatic heterocycles. The predicted octanol–water partition coefficient (Wildman–Crippen LogP) is 4.36. The van der Waals surface area contributed by atoms with Crippen molar-refractivity contribution in [3.05, 3.63) is 65.9 Å². The summed E-state index contributed by atoms with van der Waals surface area (Å²) in [6.07, 6.45) is -4.77. The topological polar surface area (TPSA) is 54.7 Å². The van der Waals surface area contributed by atoms with Gasteiger partial charge < -0.3 is 14.5 Å². The zero-order chi connectivity index (χ0) is 20.3. The van der Waals surface area contributed by atoms with Gasteiger partial charge in [-0.2, -0.15) is 0 Å². The Morgan fingerprint density at radius 3 is 2.43 bits per heavy atom. The summed E-state index contributed by atoms with van der Waals surface area (Å²) in [5.74, 6) is -0.0700. The summed E-state index contributed by atoms with van der Waals surface area (Å²) in [5.41, 5.74) is 0.993. The van der Waals surface area contributed by atoms with Crippen molar-refractivity contribution in [1.29, 1.82) is 0 Å². The Hall–Kier alpha value is -3.00. The number of fused-ring (bicyclic) bond motifs is 1. The second-order valence-electron chi connectivity index (χ2n) is 6.45. The SMILES string of the molecule is CN(C)[C@H](CNC(=O)c1ccc(OC(F)(F)F)cc1)c1cc2ccccc2o1. The third-order valence-electron chi connectivity index (χ3n) is 4.20. The van der Waals surface area contributed by atoms with Crippen LogP contribution in [0.15, 0.2) is 59.0 Å². The molecule has 0 aliphatic carbocycles. The highest BCUT2D eigenvalue weighted by Gasteiger charge is 2.31. The fraction of sp³-hybridized carbons (Fsp3) is 0.250. The molecule has 5 nitrogen and oxygen atoms in total. The van der Waals surface area contributed by atoms with Crippen molar-refractivity contribution in [2.45, 2.75) is 12.4 Å². The van der Waals surface area contributed by atoms with Crippen LogP contribution in [0, 0.1) is 0 Å². The highest BCUT2D eigenvalue weighted by molar-refractivity contribution is 5.94. The molecule has 8 heteroatoms. The Balaban J connectivity index is 1.67. The van der Waals surface area contributed by atoms with E-state index in [2.05, 4.69) is 10.1 Å². The van der Waals surface area contributed by atoms with Crippen molar-refractivity contribution in [1.82, 2.24) is 10.2 Å². The minimum atomic E-state index is -4.77. The molecule has 28 heavy (non-hydrogen) atoms. The number of amides is 1. The number of para-hydroxylation sites is 1. The van der Waals surface area contributed by atoms with Gasteiger partial charge in [-0.3, -0.25) is 9.69 Å². The summed E-state index contributed by atoms with van der Waals surface area (Å²) in [6.45, 7) is 0.270. The van der Waals surface area contributed by atoms with E-state index < -0.39 is 12.3 Å². The van der Waals surface area contributed by atoms with E-state index in [1.165, 1.54) is 12.1 Å². The number of hydrogen-bond donors (Lipinski definition) is 1. The Bertz CT molecular complexity index is 916. The fourth-order valence-corrected chi connectivity index (χ4v) is 2.80. The molecule has 0 aliphatic rings. The number of ether oxygens (including phenoxy) is 1. The number of furan rings is 1. The molecule has 0 spiro atoms. The number of nitrogens with zero attached hydrogens (tertiary/aromatic N) is 1. The van der Waals surface area contributed by atoms with E-state index in [-0.39, 0.29) is 23.9 Å². The molecule has 1 atom stereocenters. The number of carbonyl (C=O) groups is 1. The van der Waals surface area contributed by atoms with E-state index in [1.807, 2.05) is 49.3 Å². The number of alkyl halides is 3. The molecule has 0 saturated carbocycles. The fourth-order valence-electron chi connectivity index (χ4n) is 2.80. The van der Waals surface area contributed by atoms with Crippen LogP contribution in [0.3, 0.4) is 0 Å². The summed E-state index contributed by atoms with van der Waals surface area (Å²) in [6, 6.07) is 14.1. The molecule has 1 N–H and O–H groups in total. The zero-order valence-corrected chi connectivity index (χ0v) is 15.3. The molecule has 1 heterocycles. The average molecular weight is 392 g/mol. The quantitative estimate of drug-likeness (QED) is 0.677. The van der Waals surface area contributed by atoms with E-state index >= 15 is 0 Å². The second-order valence-corrected chi connectivity index (χ2v) is 6.45. The standard InChI is InChI=1S/C20H19F3N2O3/c1-25(2)16(18-11-14-5-3-4-6-17(14)27-18)12-24-19(26)13-7-9-15(10-8-13)28-20(21,22)23/h3-11,16H,12H2,1-2H3,(H,24,26)/t16-/m1/s1. The van der Waals surface area contributed by atoms with Crippen LogP contribution in [-0.2, 0) is 0 Å². The van der Waals surface area contributed by atoms with Gasteiger partial charge in [-0.1, -0.05) is 18.2 Å². The van der Waals surface area contributed by atoms with Crippen LogP contribution < -0.4 is 10.1 Å². The molecule has 1 aromatic heterocycles. The number of likely N-dealkylation sites (N-methyl/N-ethyl adjacent to an activating group) is 1. The molecule has 0 saturated heterocycles. The number of benzene rings is 2. The van der Waals surface area contributed by atoms with Gasteiger partial charge >= 0.3 is 6.36 Å². The van der Waals surface area contributed by atoms with Gasteiger partial charge in [0.15, 0.2) is 0 Å². The minimum absolute atomic E-state index is 0.204. The van der Waals surface area contributed by atoms with Crippen LogP contribution >= 0.6 is 0 Å². The van der Waals surface area contributed by atoms with Gasteiger partial charge in [-0.25, -0.2) is 0 Å². The van der Waals surface area contributed by atoms with E-state index in [4.69, 9.17) is 4.42 Å². The Labute approximate surface area is 159 Å². The number of carbonyl (C=O) groups excluding carboxylic acids is 1. The van der Waals surface area contributed by atoms with Crippen LogP contribution in [0.1, 0.15) is 22.2 Å². The van der Waals surface area contributed by atoms with E-state index in [1.54, 1.807) is 0 Å². The van der Waals surface area contributed by atoms with Gasteiger partial charge in [-0.05, 0) is 50.5 Å². The van der Waals surface area contributed by atoms with Crippen molar-refractivity contribution < 1.29 is 27.1 Å². The van der Waals surface area contributed by atoms with E-state index in [0.717, 1.165) is 23.1 Å². The maximum Gasteiger partial charge on any atom is 0.573 e. The summed E-state index contributed by atoms with van der Waals surface area (Å²) < 4.78 is 46.3. The highest BCUT2D eigenvalue weighted by Crippen LogP contribution is 2.26. The Morgan fingerprint density at radius 1 is 1.14 bits per heavy atom. The van der Waals surface area contributed by atoms with Crippen LogP contribution in [-0.4, -0.2) is 37.8 Å². The molecule has 0 radical (unpaired) electrons. The first-order valence-electron chi connectivity index (χ1n) is 8.52. The molecule has 2 aromatic carbocycles. The summed E-state index contributed by atoms with van der Waals surface area (Å²) in [5, 5.41) is 3.76. The first kappa shape index (κ1) is 19.8. The first-order chi connectivity index (χ1) is 13.2. The van der Waals surface area contributed by atoms with Crippen LogP contribution in [0.25, 0.3) is 11.0 Å². The lowest BCUT2D eigenvalue weighted by Gasteiger charge is -2.22. The molecule has 1 amide bonds. The maximum atomic E-state index is 12.3. The van der Waals surface area contributed by atoms with E-state index in [0.29, 0.717) is 5.76 Å². The molecule has 0 unspecified atom stereocenters. The van der Waals surface area contributed by atoms with Crippen molar-refractivity contribution in [3.8, 4) is 5.75 Å². The highest BCUT2D eigenvalue weighted by atomic mass is 19.4. The van der Waals surface area contributed by atoms with Crippen molar-refractivity contribution in [2.75, 3.05) is 20.6 Å². The monoisotopic (exact) mass is 392 g/mol. The molecule has 3 rings (SSSR count). The molecule has 148 valence electrons. The number of nitrogens with one attached hydrogen (secondary N) is 1. The normalized spacial score (nSPS) is 12.9. The number of hydrogen-bond acceptors (Lipinski definition) is 4. The largest absolute Gasteiger partial charge is 0.573 e. The van der Waals surface area contributed by atoms with Gasteiger partial charge in [0.2, 0.25) is 0 Å². The molecular weight excluding hydrogens is 373 g/mol. The summed E-state index contributed by atoms with van der Waals surface area (Å²) in [7, 11) is 3.74. The van der Waals surface area contributed by atoms with Crippen molar-refractivity contribution in [3.63, 3.8) is 0 Å². The van der Waals surface area contributed by atoms with Gasteiger partial charge in [0.05, 0.1) is 6.04 Å². The summed E-state index contributed by atoms with van der Waals surface area (Å²) in [4.78, 5) is 14.3. The Kier molecular flexibility index (Phi) is 5.60. The van der Waals surface area contributed by atoms with Crippen molar-refractivity contribution >= 4 is 16.9 Å². The van der Waals surface area contributed by atoms with E-state index in [9.17, 15) is 18.0 Å². The smallest absolute Gasteiger partial charge is 0.459 e. The second kappa shape index (κ2) is 7.93. The van der Waals surface area contributed by atoms with Gasteiger partial charge in [-0.15, -0.1) is 13.2 Å². The van der Waals surface area contributed by atoms with Crippen LogP contribution in [0.5, 0.6) is 5.75 Å². The molecule has 0 fully saturated rings. The minimum Gasteiger partial charge on any atom is -0.459 e. The third-order valence-corrected chi connectivity index (χ3v) is 4.20. The predicted molar refractivity (Wildman–Crippen MR) is 98.1 cm³/mol. The molecular formula is C20H19F3N2O3. The maximum absolute atomic E-state index is 12.3.